The number of aliphatic hydroxyl groups excluding tert-OH is 3. The molecule has 4 N–H and O–H groups in total. The summed E-state index contributed by atoms with van der Waals surface area (Å²) in [5.74, 6) is 0. The highest BCUT2D eigenvalue weighted by atomic mass is 16.6. The average molecular weight is 219 g/mol. The fourth-order valence-corrected chi connectivity index (χ4v) is 1.85. The molecule has 0 spiro atoms. The van der Waals surface area contributed by atoms with Crippen molar-refractivity contribution in [3.05, 3.63) is 0 Å². The van der Waals surface area contributed by atoms with Gasteiger partial charge in [-0.25, -0.2) is 4.79 Å². The minimum Gasteiger partial charge on any atom is -0.447 e. The van der Waals surface area contributed by atoms with Crippen molar-refractivity contribution >= 4 is 6.09 Å². The number of hydrogen-bond acceptors (Lipinski definition) is 6. The number of rotatable bonds is 1. The zero-order valence-electron chi connectivity index (χ0n) is 7.87. The smallest absolute Gasteiger partial charge is 0.407 e. The zero-order chi connectivity index (χ0) is 11.0. The molecule has 0 aromatic rings. The highest BCUT2D eigenvalue weighted by Crippen LogP contribution is 2.23. The van der Waals surface area contributed by atoms with E-state index in [-0.39, 0.29) is 6.61 Å². The van der Waals surface area contributed by atoms with Gasteiger partial charge in [0.1, 0.15) is 31.0 Å². The third-order valence-corrected chi connectivity index (χ3v) is 2.69. The topological polar surface area (TPSA) is 108 Å². The highest BCUT2D eigenvalue weighted by Gasteiger charge is 2.47. The normalized spacial score (nSPS) is 45.3. The van der Waals surface area contributed by atoms with Crippen LogP contribution in [0.4, 0.5) is 4.79 Å². The number of carbonyl (C=O) groups is 1. The molecule has 0 aliphatic carbocycles. The Bertz CT molecular complexity index is 258. The van der Waals surface area contributed by atoms with E-state index in [0.717, 1.165) is 0 Å². The highest BCUT2D eigenvalue weighted by molar-refractivity contribution is 5.68. The number of aliphatic hydroxyl groups is 3. The van der Waals surface area contributed by atoms with Gasteiger partial charge < -0.3 is 30.1 Å². The maximum absolute atomic E-state index is 10.9. The van der Waals surface area contributed by atoms with E-state index in [4.69, 9.17) is 9.84 Å². The SMILES string of the molecule is O=C1N[C@H]2C(O)C(O)C(CO)O[C@H]2CO1. The van der Waals surface area contributed by atoms with Gasteiger partial charge in [-0.2, -0.15) is 0 Å². The summed E-state index contributed by atoms with van der Waals surface area (Å²) in [5, 5.41) is 30.5. The second-order valence-electron chi connectivity index (χ2n) is 3.65. The lowest BCUT2D eigenvalue weighted by atomic mass is 9.92. The molecule has 1 amide bonds. The van der Waals surface area contributed by atoms with E-state index >= 15 is 0 Å². The van der Waals surface area contributed by atoms with Gasteiger partial charge in [0.15, 0.2) is 0 Å². The summed E-state index contributed by atoms with van der Waals surface area (Å²) in [6, 6.07) is -0.691. The summed E-state index contributed by atoms with van der Waals surface area (Å²) in [7, 11) is 0. The second-order valence-corrected chi connectivity index (χ2v) is 3.65. The lowest BCUT2D eigenvalue weighted by molar-refractivity contribution is -0.208. The van der Waals surface area contributed by atoms with E-state index in [0.29, 0.717) is 0 Å². The molecule has 0 saturated carbocycles. The Morgan fingerprint density at radius 1 is 1.40 bits per heavy atom. The van der Waals surface area contributed by atoms with Crippen molar-refractivity contribution in [2.75, 3.05) is 13.2 Å². The van der Waals surface area contributed by atoms with Crippen molar-refractivity contribution in [2.24, 2.45) is 0 Å². The van der Waals surface area contributed by atoms with E-state index in [2.05, 4.69) is 10.1 Å². The lowest BCUT2D eigenvalue weighted by Crippen LogP contribution is -2.67. The van der Waals surface area contributed by atoms with Crippen LogP contribution in [0.25, 0.3) is 0 Å². The number of nitrogens with one attached hydrogen (secondary N) is 1. The number of amides is 1. The van der Waals surface area contributed by atoms with Crippen LogP contribution < -0.4 is 5.32 Å². The number of ether oxygens (including phenoxy) is 2. The average Bonchev–Trinajstić information content (AvgIpc) is 2.24. The van der Waals surface area contributed by atoms with E-state index in [9.17, 15) is 15.0 Å². The Morgan fingerprint density at radius 3 is 2.80 bits per heavy atom. The molecule has 0 aromatic carbocycles. The van der Waals surface area contributed by atoms with Crippen LogP contribution in [0.15, 0.2) is 0 Å². The van der Waals surface area contributed by atoms with Crippen molar-refractivity contribution in [1.29, 1.82) is 0 Å². The van der Waals surface area contributed by atoms with Crippen LogP contribution in [-0.2, 0) is 9.47 Å². The third kappa shape index (κ3) is 1.78. The molecular formula is C8H13NO6. The molecule has 5 atom stereocenters. The van der Waals surface area contributed by atoms with Gasteiger partial charge in [-0.3, -0.25) is 0 Å². The molecule has 0 bridgehead atoms. The largest absolute Gasteiger partial charge is 0.447 e. The second kappa shape index (κ2) is 3.93. The molecule has 2 saturated heterocycles. The molecule has 86 valence electrons. The first-order chi connectivity index (χ1) is 7.13. The molecule has 0 radical (unpaired) electrons. The Morgan fingerprint density at radius 2 is 2.13 bits per heavy atom. The minimum atomic E-state index is -1.21. The molecular weight excluding hydrogens is 206 g/mol. The Kier molecular flexibility index (Phi) is 2.79. The fourth-order valence-electron chi connectivity index (χ4n) is 1.85. The van der Waals surface area contributed by atoms with Gasteiger partial charge in [0.05, 0.1) is 12.6 Å². The van der Waals surface area contributed by atoms with Crippen LogP contribution in [0.3, 0.4) is 0 Å². The van der Waals surface area contributed by atoms with Gasteiger partial charge in [0, 0.05) is 0 Å². The van der Waals surface area contributed by atoms with Gasteiger partial charge in [-0.1, -0.05) is 0 Å². The molecule has 2 fully saturated rings. The fraction of sp³-hybridized carbons (Fsp3) is 0.875. The summed E-state index contributed by atoms with van der Waals surface area (Å²) in [4.78, 5) is 10.9. The summed E-state index contributed by atoms with van der Waals surface area (Å²) in [6.45, 7) is -0.383. The molecule has 2 aliphatic rings. The first-order valence-electron chi connectivity index (χ1n) is 4.69. The first-order valence-corrected chi connectivity index (χ1v) is 4.69. The third-order valence-electron chi connectivity index (χ3n) is 2.69. The van der Waals surface area contributed by atoms with E-state index in [1.165, 1.54) is 0 Å². The monoisotopic (exact) mass is 219 g/mol. The van der Waals surface area contributed by atoms with Crippen LogP contribution in [0.1, 0.15) is 0 Å². The zero-order valence-corrected chi connectivity index (χ0v) is 7.87. The van der Waals surface area contributed by atoms with Crippen molar-refractivity contribution in [2.45, 2.75) is 30.5 Å². The summed E-state index contributed by atoms with van der Waals surface area (Å²) in [6.07, 6.45) is -4.41. The Labute approximate surface area is 85.6 Å². The molecule has 7 nitrogen and oxygen atoms in total. The maximum Gasteiger partial charge on any atom is 0.407 e. The number of fused-ring (bicyclic) bond motifs is 1. The van der Waals surface area contributed by atoms with Crippen LogP contribution in [0.2, 0.25) is 0 Å². The van der Waals surface area contributed by atoms with Crippen LogP contribution in [-0.4, -0.2) is 65.1 Å². The number of hydrogen-bond donors (Lipinski definition) is 4. The van der Waals surface area contributed by atoms with Gasteiger partial charge in [-0.15, -0.1) is 0 Å². The number of carbonyl (C=O) groups excluding carboxylic acids is 1. The van der Waals surface area contributed by atoms with E-state index < -0.39 is 43.2 Å². The summed E-state index contributed by atoms with van der Waals surface area (Å²) in [5.41, 5.74) is 0. The molecule has 15 heavy (non-hydrogen) atoms. The Hall–Kier alpha value is -0.890. The molecule has 2 rings (SSSR count). The van der Waals surface area contributed by atoms with Gasteiger partial charge >= 0.3 is 6.09 Å². The summed E-state index contributed by atoms with van der Waals surface area (Å²) >= 11 is 0. The predicted molar refractivity (Wildman–Crippen MR) is 46.0 cm³/mol. The Balaban J connectivity index is 2.11. The minimum absolute atomic E-state index is 0.0107. The number of cyclic esters (lactones) is 1. The lowest BCUT2D eigenvalue weighted by Gasteiger charge is -2.44. The standard InChI is InChI=1S/C8H13NO6/c10-1-3-6(11)7(12)5-4(15-3)2-14-8(13)9-5/h3-7,10-12H,1-2H2,(H,9,13)/t3?,4-,5+,6?,7?/m0/s1. The van der Waals surface area contributed by atoms with Crippen molar-refractivity contribution < 1.29 is 29.6 Å². The summed E-state index contributed by atoms with van der Waals surface area (Å²) < 4.78 is 9.95. The maximum atomic E-state index is 10.9. The van der Waals surface area contributed by atoms with Gasteiger partial charge in [-0.05, 0) is 0 Å². The van der Waals surface area contributed by atoms with Crippen LogP contribution in [0, 0.1) is 0 Å². The molecule has 0 aromatic heterocycles. The quantitative estimate of drug-likeness (QED) is 0.391. The molecule has 3 unspecified atom stereocenters. The van der Waals surface area contributed by atoms with E-state index in [1.807, 2.05) is 0 Å². The predicted octanol–water partition coefficient (Wildman–Crippen LogP) is -2.42. The van der Waals surface area contributed by atoms with Gasteiger partial charge in [0.25, 0.3) is 0 Å². The van der Waals surface area contributed by atoms with Crippen LogP contribution in [0.5, 0.6) is 0 Å². The van der Waals surface area contributed by atoms with E-state index in [1.54, 1.807) is 0 Å². The van der Waals surface area contributed by atoms with Crippen molar-refractivity contribution in [3.63, 3.8) is 0 Å². The van der Waals surface area contributed by atoms with Crippen molar-refractivity contribution in [1.82, 2.24) is 5.32 Å². The number of alkyl carbamates (subject to hydrolysis) is 1. The van der Waals surface area contributed by atoms with Crippen LogP contribution >= 0.6 is 0 Å². The van der Waals surface area contributed by atoms with Crippen molar-refractivity contribution in [3.8, 4) is 0 Å². The first kappa shape index (κ1) is 10.6. The van der Waals surface area contributed by atoms with Gasteiger partial charge in [0.2, 0.25) is 0 Å². The molecule has 2 heterocycles. The molecule has 2 aliphatic heterocycles. The molecule has 7 heteroatoms.